The van der Waals surface area contributed by atoms with Crippen LogP contribution in [0.4, 0.5) is 5.69 Å². The van der Waals surface area contributed by atoms with Crippen molar-refractivity contribution in [2.75, 3.05) is 12.4 Å². The quantitative estimate of drug-likeness (QED) is 0.424. The van der Waals surface area contributed by atoms with E-state index >= 15 is 0 Å². The maximum Gasteiger partial charge on any atom is 0.313 e. The van der Waals surface area contributed by atoms with E-state index in [0.717, 1.165) is 0 Å². The Morgan fingerprint density at radius 1 is 0.970 bits per heavy atom. The first kappa shape index (κ1) is 21.8. The number of esters is 1. The fourth-order valence-corrected chi connectivity index (χ4v) is 3.43. The third kappa shape index (κ3) is 5.07. The van der Waals surface area contributed by atoms with Crippen LogP contribution in [0.5, 0.6) is 5.75 Å². The molecule has 8 nitrogen and oxygen atoms in total. The van der Waals surface area contributed by atoms with Crippen molar-refractivity contribution in [3.63, 3.8) is 0 Å². The van der Waals surface area contributed by atoms with E-state index in [-0.39, 0.29) is 12.0 Å². The zero-order valence-electron chi connectivity index (χ0n) is 17.8. The number of nitrogens with zero attached hydrogens (tertiary/aromatic N) is 1. The van der Waals surface area contributed by atoms with Crippen molar-refractivity contribution in [2.24, 2.45) is 0 Å². The number of hydrogen-bond acceptors (Lipinski definition) is 6. The van der Waals surface area contributed by atoms with Gasteiger partial charge in [-0.3, -0.25) is 14.4 Å². The van der Waals surface area contributed by atoms with Gasteiger partial charge in [-0.15, -0.1) is 0 Å². The summed E-state index contributed by atoms with van der Waals surface area (Å²) in [6, 6.07) is 22.4. The normalized spacial score (nSPS) is 11.5. The number of rotatable bonds is 7. The molecule has 0 aliphatic carbocycles. The van der Waals surface area contributed by atoms with Crippen molar-refractivity contribution in [1.82, 2.24) is 10.2 Å². The number of anilines is 1. The fraction of sp³-hybridized carbons (Fsp3) is 0.120. The molecule has 4 aromatic rings. The van der Waals surface area contributed by atoms with Crippen LogP contribution in [0.25, 0.3) is 10.8 Å². The number of amides is 1. The molecule has 33 heavy (non-hydrogen) atoms. The van der Waals surface area contributed by atoms with Gasteiger partial charge in [0.05, 0.1) is 24.6 Å². The minimum absolute atomic E-state index is 0.215. The predicted molar refractivity (Wildman–Crippen MR) is 123 cm³/mol. The molecule has 2 N–H and O–H groups in total. The van der Waals surface area contributed by atoms with E-state index in [2.05, 4.69) is 15.5 Å². The second-order valence-corrected chi connectivity index (χ2v) is 7.22. The molecule has 4 rings (SSSR count). The maximum atomic E-state index is 13.1. The number of ether oxygens (including phenoxy) is 2. The van der Waals surface area contributed by atoms with Crippen LogP contribution in [0, 0.1) is 0 Å². The molecule has 1 atom stereocenters. The van der Waals surface area contributed by atoms with Gasteiger partial charge >= 0.3 is 5.97 Å². The minimum atomic E-state index is -1.18. The highest BCUT2D eigenvalue weighted by atomic mass is 16.5. The number of aromatic nitrogens is 2. The Bertz CT molecular complexity index is 1350. The van der Waals surface area contributed by atoms with Crippen molar-refractivity contribution in [2.45, 2.75) is 12.5 Å². The predicted octanol–water partition coefficient (Wildman–Crippen LogP) is 3.40. The van der Waals surface area contributed by atoms with Gasteiger partial charge in [0.2, 0.25) is 6.10 Å². The van der Waals surface area contributed by atoms with Crippen LogP contribution in [-0.2, 0) is 20.7 Å². The number of nitrogens with one attached hydrogen (secondary N) is 2. The fourth-order valence-electron chi connectivity index (χ4n) is 3.43. The summed E-state index contributed by atoms with van der Waals surface area (Å²) in [7, 11) is 1.53. The van der Waals surface area contributed by atoms with Crippen LogP contribution in [0.2, 0.25) is 0 Å². The first-order valence-electron chi connectivity index (χ1n) is 10.2. The Kier molecular flexibility index (Phi) is 6.45. The summed E-state index contributed by atoms with van der Waals surface area (Å²) in [5.41, 5.74) is 1.04. The molecule has 0 aliphatic rings. The number of hydrogen-bond donors (Lipinski definition) is 2. The zero-order valence-corrected chi connectivity index (χ0v) is 17.8. The van der Waals surface area contributed by atoms with Crippen LogP contribution in [0.1, 0.15) is 17.4 Å². The largest absolute Gasteiger partial charge is 0.497 e. The van der Waals surface area contributed by atoms with Crippen LogP contribution in [0.3, 0.4) is 0 Å². The van der Waals surface area contributed by atoms with E-state index < -0.39 is 18.0 Å². The lowest BCUT2D eigenvalue weighted by atomic mass is 10.1. The molecule has 1 heterocycles. The Labute approximate surface area is 189 Å². The molecule has 8 heteroatoms. The SMILES string of the molecule is COc1cccc(NC(=O)[C@H](OC(=O)Cc2n[nH]c(=O)c3ccccc23)c2ccccc2)c1. The number of fused-ring (bicyclic) bond motifs is 1. The first-order chi connectivity index (χ1) is 16.0. The van der Waals surface area contributed by atoms with Gasteiger partial charge in [0.15, 0.2) is 0 Å². The molecule has 0 bridgehead atoms. The van der Waals surface area contributed by atoms with E-state index in [4.69, 9.17) is 9.47 Å². The highest BCUT2D eigenvalue weighted by Crippen LogP contribution is 2.23. The van der Waals surface area contributed by atoms with Crippen LogP contribution in [-0.4, -0.2) is 29.2 Å². The van der Waals surface area contributed by atoms with Crippen LogP contribution < -0.4 is 15.6 Å². The van der Waals surface area contributed by atoms with Gasteiger partial charge in [-0.25, -0.2) is 5.10 Å². The highest BCUT2D eigenvalue weighted by molar-refractivity contribution is 5.96. The minimum Gasteiger partial charge on any atom is -0.497 e. The number of H-pyrrole nitrogens is 1. The monoisotopic (exact) mass is 443 g/mol. The number of carbonyl (C=O) groups is 2. The number of aromatic amines is 1. The summed E-state index contributed by atoms with van der Waals surface area (Å²) in [6.45, 7) is 0. The number of benzene rings is 3. The molecule has 0 radical (unpaired) electrons. The van der Waals surface area contributed by atoms with Crippen molar-refractivity contribution >= 4 is 28.3 Å². The summed E-state index contributed by atoms with van der Waals surface area (Å²) in [6.07, 6.45) is -1.40. The van der Waals surface area contributed by atoms with Gasteiger partial charge < -0.3 is 14.8 Å². The van der Waals surface area contributed by atoms with Gasteiger partial charge in [-0.1, -0.05) is 54.6 Å². The lowest BCUT2D eigenvalue weighted by Gasteiger charge is -2.18. The highest BCUT2D eigenvalue weighted by Gasteiger charge is 2.26. The van der Waals surface area contributed by atoms with E-state index in [0.29, 0.717) is 33.5 Å². The average Bonchev–Trinajstić information content (AvgIpc) is 2.85. The number of methoxy groups -OCH3 is 1. The molecule has 0 fully saturated rings. The van der Waals surface area contributed by atoms with Gasteiger partial charge in [0.25, 0.3) is 11.5 Å². The molecule has 0 saturated carbocycles. The average molecular weight is 443 g/mol. The molecule has 0 aliphatic heterocycles. The van der Waals surface area contributed by atoms with Crippen LogP contribution >= 0.6 is 0 Å². The summed E-state index contributed by atoms with van der Waals surface area (Å²) < 4.78 is 10.8. The van der Waals surface area contributed by atoms with Crippen molar-refractivity contribution in [1.29, 1.82) is 0 Å². The van der Waals surface area contributed by atoms with Gasteiger partial charge in [0.1, 0.15) is 5.75 Å². The summed E-state index contributed by atoms with van der Waals surface area (Å²) >= 11 is 0. The molecule has 166 valence electrons. The van der Waals surface area contributed by atoms with Crippen molar-refractivity contribution < 1.29 is 19.1 Å². The summed E-state index contributed by atoms with van der Waals surface area (Å²) in [5.74, 6) is -0.589. The Balaban J connectivity index is 1.57. The van der Waals surface area contributed by atoms with E-state index in [9.17, 15) is 14.4 Å². The zero-order chi connectivity index (χ0) is 23.2. The Hall–Kier alpha value is -4.46. The summed E-state index contributed by atoms with van der Waals surface area (Å²) in [5, 5.41) is 10.1. The molecule has 0 unspecified atom stereocenters. The molecule has 3 aromatic carbocycles. The molecule has 0 saturated heterocycles. The van der Waals surface area contributed by atoms with Gasteiger partial charge in [-0.2, -0.15) is 5.10 Å². The molecular weight excluding hydrogens is 422 g/mol. The smallest absolute Gasteiger partial charge is 0.313 e. The van der Waals surface area contributed by atoms with Crippen molar-refractivity contribution in [3.8, 4) is 5.75 Å². The molecule has 1 aromatic heterocycles. The third-order valence-corrected chi connectivity index (χ3v) is 5.01. The topological polar surface area (TPSA) is 110 Å². The second-order valence-electron chi connectivity index (χ2n) is 7.22. The van der Waals surface area contributed by atoms with Crippen LogP contribution in [0.15, 0.2) is 83.7 Å². The van der Waals surface area contributed by atoms with Gasteiger partial charge in [0, 0.05) is 22.7 Å². The second kappa shape index (κ2) is 9.78. The third-order valence-electron chi connectivity index (χ3n) is 5.01. The van der Waals surface area contributed by atoms with E-state index in [1.165, 1.54) is 7.11 Å². The van der Waals surface area contributed by atoms with Crippen molar-refractivity contribution in [3.05, 3.63) is 100 Å². The van der Waals surface area contributed by atoms with E-state index in [1.807, 2.05) is 0 Å². The summed E-state index contributed by atoms with van der Waals surface area (Å²) in [4.78, 5) is 37.9. The Morgan fingerprint density at radius 2 is 1.70 bits per heavy atom. The molecular formula is C25H21N3O5. The standard InChI is InChI=1S/C25H21N3O5/c1-32-18-11-7-10-17(14-18)26-25(31)23(16-8-3-2-4-9-16)33-22(29)15-21-19-12-5-6-13-20(19)24(30)28-27-21/h2-14,23H,15H2,1H3,(H,26,31)(H,28,30)/t23-/m1/s1. The molecule has 1 amide bonds. The first-order valence-corrected chi connectivity index (χ1v) is 10.2. The Morgan fingerprint density at radius 3 is 2.45 bits per heavy atom. The number of carbonyl (C=O) groups excluding carboxylic acids is 2. The lowest BCUT2D eigenvalue weighted by Crippen LogP contribution is -2.27. The molecule has 0 spiro atoms. The van der Waals surface area contributed by atoms with E-state index in [1.54, 1.807) is 78.9 Å². The lowest BCUT2D eigenvalue weighted by molar-refractivity contribution is -0.154. The van der Waals surface area contributed by atoms with Gasteiger partial charge in [-0.05, 0) is 18.2 Å². The maximum absolute atomic E-state index is 13.1.